The topological polar surface area (TPSA) is 21.3 Å². The molecule has 0 saturated carbocycles. The molecule has 1 aromatic carbocycles. The van der Waals surface area contributed by atoms with Gasteiger partial charge in [-0.15, -0.1) is 0 Å². The van der Waals surface area contributed by atoms with Crippen LogP contribution in [0.5, 0.6) is 0 Å². The molecule has 0 radical (unpaired) electrons. The second kappa shape index (κ2) is 8.52. The van der Waals surface area contributed by atoms with Crippen molar-refractivity contribution in [3.63, 3.8) is 0 Å². The Morgan fingerprint density at radius 3 is 2.78 bits per heavy atom. The minimum Gasteiger partial charge on any atom is -0.385 e. The number of nitrogens with one attached hydrogen (secondary N) is 1. The monoisotopic (exact) mass is 269 g/mol. The van der Waals surface area contributed by atoms with Crippen molar-refractivity contribution in [1.82, 2.24) is 5.32 Å². The molecule has 2 nitrogen and oxygen atoms in total. The van der Waals surface area contributed by atoms with Crippen molar-refractivity contribution in [3.05, 3.63) is 34.3 Å². The molecular weight excluding hydrogens is 246 g/mol. The van der Waals surface area contributed by atoms with Gasteiger partial charge in [0.05, 0.1) is 0 Å². The molecule has 1 rings (SSSR count). The number of methoxy groups -OCH3 is 1. The fraction of sp³-hybridized carbons (Fsp3) is 0.600. The van der Waals surface area contributed by atoms with Crippen LogP contribution in [0, 0.1) is 6.92 Å². The lowest BCUT2D eigenvalue weighted by Crippen LogP contribution is -2.23. The number of hydrogen-bond donors (Lipinski definition) is 1. The summed E-state index contributed by atoms with van der Waals surface area (Å²) in [6, 6.07) is 6.55. The zero-order valence-electron chi connectivity index (χ0n) is 11.6. The van der Waals surface area contributed by atoms with E-state index in [1.807, 2.05) is 12.1 Å². The predicted molar refractivity (Wildman–Crippen MR) is 78.3 cm³/mol. The van der Waals surface area contributed by atoms with E-state index in [1.54, 1.807) is 7.11 Å². The molecule has 1 unspecified atom stereocenters. The minimum atomic E-state index is 0.400. The van der Waals surface area contributed by atoms with Gasteiger partial charge in [-0.25, -0.2) is 0 Å². The van der Waals surface area contributed by atoms with Gasteiger partial charge in [-0.2, -0.15) is 0 Å². The third-order valence-electron chi connectivity index (χ3n) is 3.09. The van der Waals surface area contributed by atoms with Gasteiger partial charge in [-0.1, -0.05) is 24.6 Å². The third-order valence-corrected chi connectivity index (χ3v) is 3.32. The van der Waals surface area contributed by atoms with Crippen molar-refractivity contribution < 1.29 is 4.74 Å². The molecule has 0 spiro atoms. The van der Waals surface area contributed by atoms with Crippen LogP contribution in [0.3, 0.4) is 0 Å². The standard InChI is InChI=1S/C15H24ClNO/c1-4-9-17-15(6-5-10-18-3)14-8-7-13(16)11-12(14)2/h7-8,11,15,17H,4-6,9-10H2,1-3H3. The maximum atomic E-state index is 6.01. The molecule has 0 aromatic heterocycles. The molecule has 0 heterocycles. The number of benzene rings is 1. The van der Waals surface area contributed by atoms with Crippen LogP contribution >= 0.6 is 11.6 Å². The molecule has 0 bridgehead atoms. The van der Waals surface area contributed by atoms with Crippen molar-refractivity contribution >= 4 is 11.6 Å². The largest absolute Gasteiger partial charge is 0.385 e. The van der Waals surface area contributed by atoms with Crippen LogP contribution in [0.15, 0.2) is 18.2 Å². The normalized spacial score (nSPS) is 12.7. The molecule has 0 saturated heterocycles. The first-order valence-corrected chi connectivity index (χ1v) is 7.05. The molecule has 3 heteroatoms. The number of halogens is 1. The average Bonchev–Trinajstić information content (AvgIpc) is 2.34. The average molecular weight is 270 g/mol. The van der Waals surface area contributed by atoms with Crippen molar-refractivity contribution in [1.29, 1.82) is 0 Å². The van der Waals surface area contributed by atoms with Crippen LogP contribution in [-0.4, -0.2) is 20.3 Å². The summed E-state index contributed by atoms with van der Waals surface area (Å²) in [5.74, 6) is 0. The van der Waals surface area contributed by atoms with E-state index >= 15 is 0 Å². The first-order valence-electron chi connectivity index (χ1n) is 6.67. The van der Waals surface area contributed by atoms with Crippen LogP contribution in [0.2, 0.25) is 5.02 Å². The quantitative estimate of drug-likeness (QED) is 0.717. The third kappa shape index (κ3) is 4.97. The van der Waals surface area contributed by atoms with E-state index in [0.29, 0.717) is 6.04 Å². The maximum absolute atomic E-state index is 6.01. The van der Waals surface area contributed by atoms with Crippen LogP contribution < -0.4 is 5.32 Å². The van der Waals surface area contributed by atoms with Gasteiger partial charge in [0.15, 0.2) is 0 Å². The Morgan fingerprint density at radius 1 is 1.39 bits per heavy atom. The van der Waals surface area contributed by atoms with Crippen molar-refractivity contribution in [3.8, 4) is 0 Å². The SMILES string of the molecule is CCCNC(CCCOC)c1ccc(Cl)cc1C. The summed E-state index contributed by atoms with van der Waals surface area (Å²) < 4.78 is 5.13. The summed E-state index contributed by atoms with van der Waals surface area (Å²) in [5, 5.41) is 4.41. The van der Waals surface area contributed by atoms with Crippen LogP contribution in [0.4, 0.5) is 0 Å². The molecule has 0 amide bonds. The summed E-state index contributed by atoms with van der Waals surface area (Å²) >= 11 is 6.01. The highest BCUT2D eigenvalue weighted by molar-refractivity contribution is 6.30. The van der Waals surface area contributed by atoms with Gasteiger partial charge in [0, 0.05) is 24.8 Å². The number of ether oxygens (including phenoxy) is 1. The van der Waals surface area contributed by atoms with Crippen LogP contribution in [0.25, 0.3) is 0 Å². The van der Waals surface area contributed by atoms with E-state index in [1.165, 1.54) is 11.1 Å². The summed E-state index contributed by atoms with van der Waals surface area (Å²) in [5.41, 5.74) is 2.61. The summed E-state index contributed by atoms with van der Waals surface area (Å²) in [6.07, 6.45) is 3.31. The highest BCUT2D eigenvalue weighted by Gasteiger charge is 2.12. The lowest BCUT2D eigenvalue weighted by atomic mass is 9.97. The second-order valence-electron chi connectivity index (χ2n) is 4.64. The van der Waals surface area contributed by atoms with Gasteiger partial charge in [0.25, 0.3) is 0 Å². The van der Waals surface area contributed by atoms with Crippen molar-refractivity contribution in [2.24, 2.45) is 0 Å². The van der Waals surface area contributed by atoms with Gasteiger partial charge in [0.1, 0.15) is 0 Å². The van der Waals surface area contributed by atoms with Gasteiger partial charge in [0.2, 0.25) is 0 Å². The minimum absolute atomic E-state index is 0.400. The van der Waals surface area contributed by atoms with E-state index in [9.17, 15) is 0 Å². The number of hydrogen-bond acceptors (Lipinski definition) is 2. The molecule has 0 aliphatic heterocycles. The Morgan fingerprint density at radius 2 is 2.17 bits per heavy atom. The lowest BCUT2D eigenvalue weighted by Gasteiger charge is -2.21. The molecule has 1 N–H and O–H groups in total. The van der Waals surface area contributed by atoms with E-state index in [0.717, 1.165) is 37.4 Å². The zero-order valence-corrected chi connectivity index (χ0v) is 12.4. The van der Waals surface area contributed by atoms with Crippen molar-refractivity contribution in [2.45, 2.75) is 39.2 Å². The molecule has 18 heavy (non-hydrogen) atoms. The molecule has 0 aliphatic carbocycles. The summed E-state index contributed by atoms with van der Waals surface area (Å²) in [7, 11) is 1.75. The van der Waals surface area contributed by atoms with E-state index in [-0.39, 0.29) is 0 Å². The molecule has 0 fully saturated rings. The maximum Gasteiger partial charge on any atom is 0.0462 e. The van der Waals surface area contributed by atoms with Gasteiger partial charge in [-0.05, 0) is 56.0 Å². The molecule has 1 aromatic rings. The Kier molecular flexibility index (Phi) is 7.33. The smallest absolute Gasteiger partial charge is 0.0462 e. The first-order chi connectivity index (χ1) is 8.69. The van der Waals surface area contributed by atoms with Gasteiger partial charge >= 0.3 is 0 Å². The van der Waals surface area contributed by atoms with E-state index in [2.05, 4.69) is 25.2 Å². The fourth-order valence-electron chi connectivity index (χ4n) is 2.15. The van der Waals surface area contributed by atoms with Gasteiger partial charge < -0.3 is 10.1 Å². The summed E-state index contributed by atoms with van der Waals surface area (Å²) in [6.45, 7) is 6.17. The molecular formula is C15H24ClNO. The van der Waals surface area contributed by atoms with Crippen LogP contribution in [-0.2, 0) is 4.74 Å². The second-order valence-corrected chi connectivity index (χ2v) is 5.08. The first kappa shape index (κ1) is 15.5. The highest BCUT2D eigenvalue weighted by Crippen LogP contribution is 2.24. The van der Waals surface area contributed by atoms with Gasteiger partial charge in [-0.3, -0.25) is 0 Å². The molecule has 0 aliphatic rings. The Balaban J connectivity index is 2.73. The van der Waals surface area contributed by atoms with E-state index < -0.39 is 0 Å². The summed E-state index contributed by atoms with van der Waals surface area (Å²) in [4.78, 5) is 0. The Labute approximate surface area is 116 Å². The fourth-order valence-corrected chi connectivity index (χ4v) is 2.37. The lowest BCUT2D eigenvalue weighted by molar-refractivity contribution is 0.188. The highest BCUT2D eigenvalue weighted by atomic mass is 35.5. The number of rotatable bonds is 8. The van der Waals surface area contributed by atoms with E-state index in [4.69, 9.17) is 16.3 Å². The Bertz CT molecular complexity index is 354. The van der Waals surface area contributed by atoms with Crippen LogP contribution in [0.1, 0.15) is 43.4 Å². The molecule has 1 atom stereocenters. The zero-order chi connectivity index (χ0) is 13.4. The molecule has 102 valence electrons. The Hall–Kier alpha value is -0.570. The number of aryl methyl sites for hydroxylation is 1. The van der Waals surface area contributed by atoms with Crippen molar-refractivity contribution in [2.75, 3.05) is 20.3 Å². The predicted octanol–water partition coefficient (Wildman–Crippen LogP) is 4.12.